The zero-order valence-electron chi connectivity index (χ0n) is 10.4. The minimum Gasteiger partial charge on any atom is -0.315 e. The van der Waals surface area contributed by atoms with Crippen LogP contribution in [0.15, 0.2) is 9.00 Å². The molecule has 1 aromatic heterocycles. The predicted molar refractivity (Wildman–Crippen MR) is 70.5 cm³/mol. The van der Waals surface area contributed by atoms with Crippen LogP contribution in [0.2, 0.25) is 0 Å². The lowest BCUT2D eigenvalue weighted by molar-refractivity contribution is 0.418. The summed E-state index contributed by atoms with van der Waals surface area (Å²) in [6, 6.07) is 0.209. The molecule has 0 saturated carbocycles. The minimum atomic E-state index is -3.56. The Morgan fingerprint density at radius 1 is 1.50 bits per heavy atom. The molecule has 2 N–H and O–H groups in total. The number of aromatic amines is 1. The topological polar surface area (TPSA) is 82.3 Å². The quantitative estimate of drug-likeness (QED) is 0.825. The van der Waals surface area contributed by atoms with Crippen molar-refractivity contribution in [3.05, 3.63) is 15.4 Å². The Bertz CT molecular complexity index is 569. The van der Waals surface area contributed by atoms with Crippen molar-refractivity contribution in [3.63, 3.8) is 0 Å². The van der Waals surface area contributed by atoms with Crippen molar-refractivity contribution in [1.82, 2.24) is 14.6 Å². The highest BCUT2D eigenvalue weighted by atomic mass is 32.2. The molecule has 0 aliphatic carbocycles. The van der Waals surface area contributed by atoms with Crippen molar-refractivity contribution in [3.8, 4) is 0 Å². The number of H-pyrrole nitrogens is 1. The van der Waals surface area contributed by atoms with Crippen LogP contribution in [-0.2, 0) is 10.0 Å². The fourth-order valence-electron chi connectivity index (χ4n) is 2.10. The second-order valence-electron chi connectivity index (χ2n) is 4.51. The second-order valence-corrected chi connectivity index (χ2v) is 7.73. The molecular formula is C10H17N3O3S2. The van der Waals surface area contributed by atoms with Crippen LogP contribution in [-0.4, -0.2) is 43.9 Å². The number of likely N-dealkylation sites (N-methyl/N-ethyl adjacent to an activating group) is 1. The Morgan fingerprint density at radius 3 is 2.72 bits per heavy atom. The van der Waals surface area contributed by atoms with Crippen LogP contribution < -0.4 is 10.2 Å². The number of hydrogen-bond donors (Lipinski definition) is 2. The summed E-state index contributed by atoms with van der Waals surface area (Å²) in [5.74, 6) is 0. The highest BCUT2D eigenvalue weighted by Crippen LogP contribution is 2.21. The lowest BCUT2D eigenvalue weighted by Crippen LogP contribution is -2.38. The fraction of sp³-hybridized carbons (Fsp3) is 0.700. The maximum atomic E-state index is 12.3. The first-order valence-electron chi connectivity index (χ1n) is 5.80. The molecule has 18 heavy (non-hydrogen) atoms. The van der Waals surface area contributed by atoms with Gasteiger partial charge in [0.2, 0.25) is 0 Å². The summed E-state index contributed by atoms with van der Waals surface area (Å²) in [6.07, 6.45) is 2.07. The number of aryl methyl sites for hydroxylation is 1. The number of sulfonamides is 1. The number of hydrogen-bond acceptors (Lipinski definition) is 5. The van der Waals surface area contributed by atoms with Gasteiger partial charge in [0, 0.05) is 25.3 Å². The van der Waals surface area contributed by atoms with Gasteiger partial charge in [-0.25, -0.2) is 8.42 Å². The normalized spacial score (nSPS) is 20.7. The van der Waals surface area contributed by atoms with Gasteiger partial charge in [-0.3, -0.25) is 4.79 Å². The number of aromatic nitrogens is 1. The monoisotopic (exact) mass is 291 g/mol. The first-order valence-corrected chi connectivity index (χ1v) is 8.06. The third-order valence-electron chi connectivity index (χ3n) is 3.07. The standard InChI is InChI=1S/C10H17N3O3S2/c1-7-9(17-10(14)12-7)18(15,16)13(2)6-8-4-3-5-11-8/h8,11H,3-6H2,1-2H3,(H,12,14). The maximum absolute atomic E-state index is 12.3. The van der Waals surface area contributed by atoms with Gasteiger partial charge >= 0.3 is 4.87 Å². The van der Waals surface area contributed by atoms with E-state index in [9.17, 15) is 13.2 Å². The van der Waals surface area contributed by atoms with E-state index in [1.807, 2.05) is 0 Å². The van der Waals surface area contributed by atoms with Crippen molar-refractivity contribution >= 4 is 21.4 Å². The SMILES string of the molecule is Cc1[nH]c(=O)sc1S(=O)(=O)N(C)CC1CCCN1. The molecule has 1 saturated heterocycles. The van der Waals surface area contributed by atoms with E-state index in [1.165, 1.54) is 4.31 Å². The predicted octanol–water partition coefficient (Wildman–Crippen LogP) is 0.117. The average Bonchev–Trinajstić information content (AvgIpc) is 2.88. The molecular weight excluding hydrogens is 274 g/mol. The summed E-state index contributed by atoms with van der Waals surface area (Å²) in [5.41, 5.74) is 0.413. The van der Waals surface area contributed by atoms with Crippen molar-refractivity contribution in [2.24, 2.45) is 0 Å². The van der Waals surface area contributed by atoms with E-state index in [2.05, 4.69) is 10.3 Å². The highest BCUT2D eigenvalue weighted by molar-refractivity contribution is 7.91. The molecule has 1 unspecified atom stereocenters. The van der Waals surface area contributed by atoms with Gasteiger partial charge in [0.05, 0.1) is 0 Å². The zero-order valence-corrected chi connectivity index (χ0v) is 12.0. The van der Waals surface area contributed by atoms with Crippen LogP contribution >= 0.6 is 11.3 Å². The second kappa shape index (κ2) is 5.12. The third kappa shape index (κ3) is 2.66. The van der Waals surface area contributed by atoms with Gasteiger partial charge in [-0.2, -0.15) is 4.31 Å². The molecule has 2 rings (SSSR count). The summed E-state index contributed by atoms with van der Waals surface area (Å²) < 4.78 is 26.0. The van der Waals surface area contributed by atoms with Crippen molar-refractivity contribution in [2.45, 2.75) is 30.0 Å². The van der Waals surface area contributed by atoms with Crippen LogP contribution in [0.25, 0.3) is 0 Å². The van der Waals surface area contributed by atoms with E-state index in [-0.39, 0.29) is 15.1 Å². The van der Waals surface area contributed by atoms with Gasteiger partial charge in [-0.15, -0.1) is 0 Å². The van der Waals surface area contributed by atoms with E-state index in [1.54, 1.807) is 14.0 Å². The largest absolute Gasteiger partial charge is 0.315 e. The van der Waals surface area contributed by atoms with Gasteiger partial charge in [0.25, 0.3) is 10.0 Å². The van der Waals surface area contributed by atoms with Crippen LogP contribution in [0.3, 0.4) is 0 Å². The van der Waals surface area contributed by atoms with E-state index < -0.39 is 10.0 Å². The third-order valence-corrected chi connectivity index (χ3v) is 6.47. The van der Waals surface area contributed by atoms with Crippen molar-refractivity contribution in [2.75, 3.05) is 20.1 Å². The molecule has 1 aliphatic rings. The Kier molecular flexibility index (Phi) is 3.90. The molecule has 1 aliphatic heterocycles. The Morgan fingerprint density at radius 2 is 2.22 bits per heavy atom. The Hall–Kier alpha value is -0.700. The molecule has 102 valence electrons. The first kappa shape index (κ1) is 13.7. The average molecular weight is 291 g/mol. The van der Waals surface area contributed by atoms with Crippen LogP contribution in [0.5, 0.6) is 0 Å². The Balaban J connectivity index is 2.19. The molecule has 1 aromatic rings. The molecule has 0 aromatic carbocycles. The van der Waals surface area contributed by atoms with Gasteiger partial charge in [-0.05, 0) is 26.3 Å². The lowest BCUT2D eigenvalue weighted by Gasteiger charge is -2.20. The summed E-state index contributed by atoms with van der Waals surface area (Å²) in [6.45, 7) is 2.98. The number of nitrogens with zero attached hydrogens (tertiary/aromatic N) is 1. The lowest BCUT2D eigenvalue weighted by atomic mass is 10.2. The first-order chi connectivity index (χ1) is 8.41. The molecule has 0 spiro atoms. The molecule has 6 nitrogen and oxygen atoms in total. The van der Waals surface area contributed by atoms with Gasteiger partial charge in [0.15, 0.2) is 4.21 Å². The number of thiazole rings is 1. The minimum absolute atomic E-state index is 0.119. The van der Waals surface area contributed by atoms with Crippen LogP contribution in [0.1, 0.15) is 18.5 Å². The van der Waals surface area contributed by atoms with Crippen LogP contribution in [0, 0.1) is 6.92 Å². The van der Waals surface area contributed by atoms with Gasteiger partial charge in [-0.1, -0.05) is 11.3 Å². The van der Waals surface area contributed by atoms with E-state index >= 15 is 0 Å². The van der Waals surface area contributed by atoms with Crippen molar-refractivity contribution < 1.29 is 8.42 Å². The van der Waals surface area contributed by atoms with Crippen LogP contribution in [0.4, 0.5) is 0 Å². The number of nitrogens with one attached hydrogen (secondary N) is 2. The summed E-state index contributed by atoms with van der Waals surface area (Å²) in [5, 5.41) is 3.26. The molecule has 1 fully saturated rings. The molecule has 0 radical (unpaired) electrons. The Labute approximate surface area is 110 Å². The number of rotatable bonds is 4. The van der Waals surface area contributed by atoms with Crippen molar-refractivity contribution in [1.29, 1.82) is 0 Å². The molecule has 1 atom stereocenters. The summed E-state index contributed by atoms with van der Waals surface area (Å²) in [4.78, 5) is 13.4. The maximum Gasteiger partial charge on any atom is 0.305 e. The zero-order chi connectivity index (χ0) is 13.3. The molecule has 0 amide bonds. The van der Waals surface area contributed by atoms with E-state index in [0.29, 0.717) is 12.2 Å². The van der Waals surface area contributed by atoms with Gasteiger partial charge in [0.1, 0.15) is 0 Å². The molecule has 2 heterocycles. The summed E-state index contributed by atoms with van der Waals surface area (Å²) in [7, 11) is -2.00. The highest BCUT2D eigenvalue weighted by Gasteiger charge is 2.28. The summed E-state index contributed by atoms with van der Waals surface area (Å²) >= 11 is 0.746. The molecule has 0 bridgehead atoms. The fourth-order valence-corrected chi connectivity index (χ4v) is 4.80. The van der Waals surface area contributed by atoms with Gasteiger partial charge < -0.3 is 10.3 Å². The smallest absolute Gasteiger partial charge is 0.305 e. The van der Waals surface area contributed by atoms with E-state index in [0.717, 1.165) is 30.7 Å². The van der Waals surface area contributed by atoms with E-state index in [4.69, 9.17) is 0 Å². The molecule has 8 heteroatoms.